The molecule has 27 heavy (non-hydrogen) atoms. The molecule has 0 radical (unpaired) electrons. The Morgan fingerprint density at radius 3 is 1.56 bits per heavy atom. The minimum absolute atomic E-state index is 0.0685. The first kappa shape index (κ1) is 18.9. The number of aliphatic hydroxyl groups is 1. The van der Waals surface area contributed by atoms with E-state index in [1.165, 1.54) is 15.9 Å². The molecule has 0 fully saturated rings. The van der Waals surface area contributed by atoms with Crippen molar-refractivity contribution in [1.82, 2.24) is 0 Å². The highest BCUT2D eigenvalue weighted by molar-refractivity contribution is 7.98. The van der Waals surface area contributed by atoms with Gasteiger partial charge in [-0.05, 0) is 49.4 Å². The van der Waals surface area contributed by atoms with Gasteiger partial charge in [-0.25, -0.2) is 0 Å². The SMILES string of the molecule is CCOC(O)=C/C=C\[P+](c1ccccc1)(c1ccccc1)c1ccccc1. The second-order valence-corrected chi connectivity index (χ2v) is 9.30. The average molecular weight is 375 g/mol. The number of hydrogen-bond donors (Lipinski definition) is 1. The van der Waals surface area contributed by atoms with Crippen LogP contribution in [0.5, 0.6) is 0 Å². The lowest BCUT2D eigenvalue weighted by Gasteiger charge is -2.23. The standard InChI is InChI=1S/C24H23O2P/c1-2-26-24(25)19-12-20-27(21-13-6-3-7-14-21,22-15-8-4-9-16-22)23-17-10-5-11-18-23/h3-20H,2H2,1H3/p+1/b20-12-,24-19?. The quantitative estimate of drug-likeness (QED) is 0.360. The van der Waals surface area contributed by atoms with Crippen LogP contribution in [-0.4, -0.2) is 11.7 Å². The van der Waals surface area contributed by atoms with Gasteiger partial charge in [0, 0.05) is 6.08 Å². The molecule has 1 N–H and O–H groups in total. The minimum atomic E-state index is -2.02. The summed E-state index contributed by atoms with van der Waals surface area (Å²) in [5, 5.41) is 13.7. The molecule has 0 heterocycles. The summed E-state index contributed by atoms with van der Waals surface area (Å²) in [7, 11) is -2.02. The van der Waals surface area contributed by atoms with Gasteiger partial charge in [-0.2, -0.15) is 0 Å². The van der Waals surface area contributed by atoms with E-state index < -0.39 is 7.26 Å². The highest BCUT2D eigenvalue weighted by atomic mass is 31.2. The zero-order valence-electron chi connectivity index (χ0n) is 15.4. The maximum absolute atomic E-state index is 9.86. The number of aliphatic hydroxyl groups excluding tert-OH is 1. The van der Waals surface area contributed by atoms with Crippen molar-refractivity contribution >= 4 is 23.2 Å². The van der Waals surface area contributed by atoms with Gasteiger partial charge in [-0.15, -0.1) is 0 Å². The lowest BCUT2D eigenvalue weighted by Crippen LogP contribution is -2.29. The summed E-state index contributed by atoms with van der Waals surface area (Å²) in [5.41, 5.74) is 0. The van der Waals surface area contributed by atoms with Crippen LogP contribution in [0.25, 0.3) is 0 Å². The molecule has 3 heteroatoms. The third-order valence-corrected chi connectivity index (χ3v) is 8.29. The zero-order valence-corrected chi connectivity index (χ0v) is 16.3. The Morgan fingerprint density at radius 2 is 1.19 bits per heavy atom. The van der Waals surface area contributed by atoms with Crippen molar-refractivity contribution in [1.29, 1.82) is 0 Å². The molecule has 3 aromatic rings. The molecule has 0 spiro atoms. The Labute approximate surface area is 161 Å². The number of ether oxygens (including phenoxy) is 1. The molecule has 0 bridgehead atoms. The van der Waals surface area contributed by atoms with E-state index in [1.807, 2.05) is 31.2 Å². The first-order valence-electron chi connectivity index (χ1n) is 9.04. The van der Waals surface area contributed by atoms with Crippen molar-refractivity contribution in [2.24, 2.45) is 0 Å². The van der Waals surface area contributed by atoms with Gasteiger partial charge >= 0.3 is 0 Å². The van der Waals surface area contributed by atoms with Crippen LogP contribution >= 0.6 is 7.26 Å². The molecule has 0 aliphatic carbocycles. The normalized spacial score (nSPS) is 12.3. The molecule has 136 valence electrons. The molecular formula is C24H24O2P+. The van der Waals surface area contributed by atoms with E-state index in [2.05, 4.69) is 78.6 Å². The summed E-state index contributed by atoms with van der Waals surface area (Å²) >= 11 is 0. The number of hydrogen-bond acceptors (Lipinski definition) is 2. The Bertz CT molecular complexity index is 791. The minimum Gasteiger partial charge on any atom is -0.481 e. The molecule has 0 aliphatic heterocycles. The van der Waals surface area contributed by atoms with Crippen molar-refractivity contribution in [3.63, 3.8) is 0 Å². The molecule has 0 atom stereocenters. The van der Waals surface area contributed by atoms with E-state index in [-0.39, 0.29) is 5.95 Å². The first-order chi connectivity index (χ1) is 13.3. The lowest BCUT2D eigenvalue weighted by molar-refractivity contribution is 0.103. The number of allylic oxidation sites excluding steroid dienone is 2. The predicted octanol–water partition coefficient (Wildman–Crippen LogP) is 4.93. The number of benzene rings is 3. The summed E-state index contributed by atoms with van der Waals surface area (Å²) < 4.78 is 5.15. The van der Waals surface area contributed by atoms with Crippen LogP contribution in [0.3, 0.4) is 0 Å². The highest BCUT2D eigenvalue weighted by Gasteiger charge is 2.42. The predicted molar refractivity (Wildman–Crippen MR) is 117 cm³/mol. The van der Waals surface area contributed by atoms with Crippen molar-refractivity contribution in [2.75, 3.05) is 6.61 Å². The van der Waals surface area contributed by atoms with Gasteiger partial charge in [0.25, 0.3) is 5.95 Å². The van der Waals surface area contributed by atoms with E-state index in [4.69, 9.17) is 4.74 Å². The Balaban J connectivity index is 2.23. The van der Waals surface area contributed by atoms with Gasteiger partial charge in [0.15, 0.2) is 0 Å². The van der Waals surface area contributed by atoms with Crippen LogP contribution in [0.1, 0.15) is 6.92 Å². The van der Waals surface area contributed by atoms with Crippen LogP contribution in [-0.2, 0) is 4.74 Å². The molecule has 0 aliphatic rings. The zero-order chi connectivity index (χ0) is 19.0. The largest absolute Gasteiger partial charge is 0.481 e. The topological polar surface area (TPSA) is 29.5 Å². The lowest BCUT2D eigenvalue weighted by atomic mass is 10.4. The van der Waals surface area contributed by atoms with E-state index in [0.717, 1.165) is 0 Å². The van der Waals surface area contributed by atoms with Crippen molar-refractivity contribution in [3.8, 4) is 0 Å². The fraction of sp³-hybridized carbons (Fsp3) is 0.0833. The second-order valence-electron chi connectivity index (χ2n) is 6.01. The van der Waals surface area contributed by atoms with Gasteiger partial charge in [0.2, 0.25) is 0 Å². The van der Waals surface area contributed by atoms with Gasteiger partial charge in [0.1, 0.15) is 23.2 Å². The molecule has 0 saturated heterocycles. The van der Waals surface area contributed by atoms with Crippen LogP contribution in [0.15, 0.2) is 115 Å². The maximum atomic E-state index is 9.86. The first-order valence-corrected chi connectivity index (χ1v) is 10.9. The van der Waals surface area contributed by atoms with Crippen LogP contribution in [0, 0.1) is 0 Å². The van der Waals surface area contributed by atoms with Crippen LogP contribution < -0.4 is 15.9 Å². The summed E-state index contributed by atoms with van der Waals surface area (Å²) in [4.78, 5) is 0. The third kappa shape index (κ3) is 4.30. The molecule has 0 saturated carbocycles. The summed E-state index contributed by atoms with van der Waals surface area (Å²) in [6.45, 7) is 2.29. The molecule has 0 aromatic heterocycles. The van der Waals surface area contributed by atoms with Crippen molar-refractivity contribution in [2.45, 2.75) is 6.92 Å². The molecule has 0 amide bonds. The third-order valence-electron chi connectivity index (χ3n) is 4.33. The van der Waals surface area contributed by atoms with Crippen LogP contribution in [0.4, 0.5) is 0 Å². The average Bonchev–Trinajstić information content (AvgIpc) is 2.73. The smallest absolute Gasteiger partial charge is 0.276 e. The van der Waals surface area contributed by atoms with E-state index in [9.17, 15) is 5.11 Å². The summed E-state index contributed by atoms with van der Waals surface area (Å²) in [5.74, 6) is 2.16. The molecule has 3 aromatic carbocycles. The van der Waals surface area contributed by atoms with Crippen LogP contribution in [0.2, 0.25) is 0 Å². The Hall–Kier alpha value is -2.83. The van der Waals surface area contributed by atoms with E-state index in [0.29, 0.717) is 6.61 Å². The van der Waals surface area contributed by atoms with E-state index >= 15 is 0 Å². The summed E-state index contributed by atoms with van der Waals surface area (Å²) in [6, 6.07) is 31.7. The van der Waals surface area contributed by atoms with Gasteiger partial charge in [-0.1, -0.05) is 54.6 Å². The molecular weight excluding hydrogens is 351 g/mol. The number of rotatable bonds is 7. The molecule has 2 nitrogen and oxygen atoms in total. The maximum Gasteiger partial charge on any atom is 0.276 e. The molecule has 3 rings (SSSR count). The summed E-state index contributed by atoms with van der Waals surface area (Å²) in [6.07, 6.45) is 3.53. The fourth-order valence-corrected chi connectivity index (χ4v) is 6.83. The Kier molecular flexibility index (Phi) is 6.46. The Morgan fingerprint density at radius 1 is 0.778 bits per heavy atom. The fourth-order valence-electron chi connectivity index (χ4n) is 3.15. The van der Waals surface area contributed by atoms with Gasteiger partial charge < -0.3 is 9.84 Å². The molecule has 0 unspecified atom stereocenters. The highest BCUT2D eigenvalue weighted by Crippen LogP contribution is 2.56. The van der Waals surface area contributed by atoms with Gasteiger partial charge in [-0.3, -0.25) is 0 Å². The second kappa shape index (κ2) is 9.21. The van der Waals surface area contributed by atoms with E-state index in [1.54, 1.807) is 6.08 Å². The van der Waals surface area contributed by atoms with Crippen molar-refractivity contribution in [3.05, 3.63) is 115 Å². The van der Waals surface area contributed by atoms with Gasteiger partial charge in [0.05, 0.1) is 12.4 Å². The monoisotopic (exact) mass is 375 g/mol. The van der Waals surface area contributed by atoms with Crippen molar-refractivity contribution < 1.29 is 9.84 Å².